The molecule has 0 saturated carbocycles. The van der Waals surface area contributed by atoms with E-state index in [4.69, 9.17) is 10.5 Å². The summed E-state index contributed by atoms with van der Waals surface area (Å²) in [6.07, 6.45) is 4.65. The van der Waals surface area contributed by atoms with Crippen molar-refractivity contribution in [3.63, 3.8) is 0 Å². The van der Waals surface area contributed by atoms with Gasteiger partial charge in [-0.1, -0.05) is 0 Å². The van der Waals surface area contributed by atoms with E-state index >= 15 is 0 Å². The van der Waals surface area contributed by atoms with Crippen LogP contribution >= 0.6 is 0 Å². The maximum Gasteiger partial charge on any atom is 0.119 e. The van der Waals surface area contributed by atoms with E-state index in [0.29, 0.717) is 0 Å². The van der Waals surface area contributed by atoms with Gasteiger partial charge in [-0.3, -0.25) is 0 Å². The van der Waals surface area contributed by atoms with Crippen LogP contribution in [0.25, 0.3) is 10.9 Å². The first-order chi connectivity index (χ1) is 7.85. The normalized spacial score (nSPS) is 11.8. The number of fused-ring (bicyclic) bond motifs is 1. The third-order valence-electron chi connectivity index (χ3n) is 2.25. The summed E-state index contributed by atoms with van der Waals surface area (Å²) in [4.78, 5) is 3.14. The Balaban J connectivity index is 2.45. The summed E-state index contributed by atoms with van der Waals surface area (Å²) < 4.78 is 5.16. The number of aromatic nitrogens is 1. The van der Waals surface area contributed by atoms with E-state index in [-0.39, 0.29) is 0 Å². The van der Waals surface area contributed by atoms with Gasteiger partial charge in [-0.05, 0) is 18.2 Å². The number of H-pyrrole nitrogens is 1. The van der Waals surface area contributed by atoms with E-state index in [9.17, 15) is 0 Å². The van der Waals surface area contributed by atoms with Crippen LogP contribution in [-0.2, 0) is 0 Å². The SMILES string of the molecule is COc1ccc2[nH]cc(/C=N/N=C\N)c2c1. The summed E-state index contributed by atoms with van der Waals surface area (Å²) >= 11 is 0. The van der Waals surface area contributed by atoms with Crippen molar-refractivity contribution >= 4 is 23.5 Å². The van der Waals surface area contributed by atoms with Gasteiger partial charge in [-0.2, -0.15) is 5.10 Å². The lowest BCUT2D eigenvalue weighted by molar-refractivity contribution is 0.415. The van der Waals surface area contributed by atoms with Gasteiger partial charge < -0.3 is 15.5 Å². The molecular formula is C11H12N4O. The van der Waals surface area contributed by atoms with E-state index < -0.39 is 0 Å². The van der Waals surface area contributed by atoms with Gasteiger partial charge in [0, 0.05) is 22.7 Å². The van der Waals surface area contributed by atoms with Crippen LogP contribution in [0.2, 0.25) is 0 Å². The zero-order valence-electron chi connectivity index (χ0n) is 8.84. The van der Waals surface area contributed by atoms with Gasteiger partial charge in [0.1, 0.15) is 12.1 Å². The molecule has 1 aromatic carbocycles. The van der Waals surface area contributed by atoms with Crippen LogP contribution in [-0.4, -0.2) is 24.6 Å². The lowest BCUT2D eigenvalue weighted by Crippen LogP contribution is -1.86. The number of ether oxygens (including phenoxy) is 1. The minimum Gasteiger partial charge on any atom is -0.497 e. The molecule has 3 N–H and O–H groups in total. The van der Waals surface area contributed by atoms with Crippen molar-refractivity contribution in [2.24, 2.45) is 15.9 Å². The highest BCUT2D eigenvalue weighted by Crippen LogP contribution is 2.22. The number of benzene rings is 1. The Hall–Kier alpha value is -2.30. The van der Waals surface area contributed by atoms with Crippen LogP contribution in [0, 0.1) is 0 Å². The fourth-order valence-electron chi connectivity index (χ4n) is 1.49. The van der Waals surface area contributed by atoms with Crippen LogP contribution in [0.5, 0.6) is 5.75 Å². The number of aromatic amines is 1. The largest absolute Gasteiger partial charge is 0.497 e. The van der Waals surface area contributed by atoms with Gasteiger partial charge in [-0.15, -0.1) is 5.10 Å². The van der Waals surface area contributed by atoms with E-state index in [2.05, 4.69) is 15.2 Å². The van der Waals surface area contributed by atoms with Gasteiger partial charge in [0.25, 0.3) is 0 Å². The third-order valence-corrected chi connectivity index (χ3v) is 2.25. The molecule has 0 fully saturated rings. The fourth-order valence-corrected chi connectivity index (χ4v) is 1.49. The second-order valence-corrected chi connectivity index (χ2v) is 3.16. The van der Waals surface area contributed by atoms with Crippen LogP contribution < -0.4 is 10.5 Å². The summed E-state index contributed by atoms with van der Waals surface area (Å²) in [5.41, 5.74) is 7.06. The van der Waals surface area contributed by atoms with Crippen molar-refractivity contribution in [3.8, 4) is 5.75 Å². The summed E-state index contributed by atoms with van der Waals surface area (Å²) in [6.45, 7) is 0. The maximum atomic E-state index is 5.16. The highest BCUT2D eigenvalue weighted by Gasteiger charge is 2.02. The number of methoxy groups -OCH3 is 1. The zero-order chi connectivity index (χ0) is 11.4. The molecule has 0 radical (unpaired) electrons. The Kier molecular flexibility index (Phi) is 2.86. The van der Waals surface area contributed by atoms with Crippen molar-refractivity contribution in [2.75, 3.05) is 7.11 Å². The standard InChI is InChI=1S/C11H12N4O/c1-16-9-2-3-11-10(4-9)8(5-13-11)6-14-15-7-12/h2-7,13H,1H3,(H2,12,15)/b14-6+. The average Bonchev–Trinajstić information content (AvgIpc) is 2.72. The number of nitrogens with two attached hydrogens (primary N) is 1. The quantitative estimate of drug-likeness (QED) is 0.463. The third kappa shape index (κ3) is 1.88. The number of hydrogen-bond donors (Lipinski definition) is 2. The predicted octanol–water partition coefficient (Wildman–Crippen LogP) is 1.50. The first-order valence-electron chi connectivity index (χ1n) is 4.77. The zero-order valence-corrected chi connectivity index (χ0v) is 8.84. The van der Waals surface area contributed by atoms with Gasteiger partial charge in [0.05, 0.1) is 13.3 Å². The Morgan fingerprint density at radius 1 is 1.38 bits per heavy atom. The van der Waals surface area contributed by atoms with Gasteiger partial charge >= 0.3 is 0 Å². The molecular weight excluding hydrogens is 204 g/mol. The molecule has 0 spiro atoms. The number of nitrogens with one attached hydrogen (secondary N) is 1. The van der Waals surface area contributed by atoms with E-state index in [1.807, 2.05) is 24.4 Å². The minimum atomic E-state index is 0.809. The molecule has 0 bridgehead atoms. The van der Waals surface area contributed by atoms with E-state index in [1.165, 1.54) is 0 Å². The Morgan fingerprint density at radius 2 is 2.25 bits per heavy atom. The lowest BCUT2D eigenvalue weighted by atomic mass is 10.2. The summed E-state index contributed by atoms with van der Waals surface area (Å²) in [7, 11) is 1.64. The second-order valence-electron chi connectivity index (χ2n) is 3.16. The smallest absolute Gasteiger partial charge is 0.119 e. The Morgan fingerprint density at radius 3 is 3.00 bits per heavy atom. The average molecular weight is 216 g/mol. The highest BCUT2D eigenvalue weighted by molar-refractivity contribution is 5.99. The van der Waals surface area contributed by atoms with Gasteiger partial charge in [0.15, 0.2) is 0 Å². The Bertz CT molecular complexity index is 542. The van der Waals surface area contributed by atoms with Crippen molar-refractivity contribution in [3.05, 3.63) is 30.0 Å². The van der Waals surface area contributed by atoms with E-state index in [1.54, 1.807) is 13.3 Å². The topological polar surface area (TPSA) is 75.8 Å². The molecule has 0 aliphatic carbocycles. The summed E-state index contributed by atoms with van der Waals surface area (Å²) in [6, 6.07) is 5.80. The van der Waals surface area contributed by atoms with Crippen molar-refractivity contribution in [1.82, 2.24) is 4.98 Å². The Labute approximate surface area is 92.6 Å². The molecule has 0 unspecified atom stereocenters. The molecule has 0 atom stereocenters. The first kappa shape index (κ1) is 10.2. The number of hydrogen-bond acceptors (Lipinski definition) is 3. The van der Waals surface area contributed by atoms with Gasteiger partial charge in [-0.25, -0.2) is 0 Å². The minimum absolute atomic E-state index is 0.809. The molecule has 1 aromatic heterocycles. The van der Waals surface area contributed by atoms with Gasteiger partial charge in [0.2, 0.25) is 0 Å². The summed E-state index contributed by atoms with van der Waals surface area (Å²) in [5, 5.41) is 8.41. The molecule has 1 heterocycles. The van der Waals surface area contributed by atoms with Crippen molar-refractivity contribution in [2.45, 2.75) is 0 Å². The molecule has 0 amide bonds. The van der Waals surface area contributed by atoms with Crippen LogP contribution in [0.3, 0.4) is 0 Å². The number of rotatable bonds is 3. The highest BCUT2D eigenvalue weighted by atomic mass is 16.5. The molecule has 0 aliphatic rings. The molecule has 0 saturated heterocycles. The molecule has 5 heteroatoms. The summed E-state index contributed by atoms with van der Waals surface area (Å²) in [5.74, 6) is 0.809. The molecule has 82 valence electrons. The molecule has 16 heavy (non-hydrogen) atoms. The monoisotopic (exact) mass is 216 g/mol. The molecule has 2 aromatic rings. The lowest BCUT2D eigenvalue weighted by Gasteiger charge is -1.98. The maximum absolute atomic E-state index is 5.16. The molecule has 5 nitrogen and oxygen atoms in total. The predicted molar refractivity (Wildman–Crippen MR) is 65.1 cm³/mol. The second kappa shape index (κ2) is 4.48. The number of nitrogens with zero attached hydrogens (tertiary/aromatic N) is 2. The fraction of sp³-hybridized carbons (Fsp3) is 0.0909. The van der Waals surface area contributed by atoms with Crippen molar-refractivity contribution in [1.29, 1.82) is 0 Å². The van der Waals surface area contributed by atoms with Crippen LogP contribution in [0.4, 0.5) is 0 Å². The van der Waals surface area contributed by atoms with Crippen LogP contribution in [0.1, 0.15) is 5.56 Å². The molecule has 0 aliphatic heterocycles. The van der Waals surface area contributed by atoms with Crippen LogP contribution in [0.15, 0.2) is 34.6 Å². The molecule has 2 rings (SSSR count). The first-order valence-corrected chi connectivity index (χ1v) is 4.77. The van der Waals surface area contributed by atoms with Crippen molar-refractivity contribution < 1.29 is 4.74 Å². The van der Waals surface area contributed by atoms with E-state index in [0.717, 1.165) is 28.6 Å².